The number of hydrogen-bond donors (Lipinski definition) is 2. The molecule has 0 spiro atoms. The molecule has 2 atom stereocenters. The Morgan fingerprint density at radius 1 is 1.12 bits per heavy atom. The second-order valence-electron chi connectivity index (χ2n) is 10.1. The third-order valence-electron chi connectivity index (χ3n) is 7.18. The average Bonchev–Trinajstić information content (AvgIpc) is 3.69. The minimum atomic E-state index is -1.08. The van der Waals surface area contributed by atoms with E-state index in [2.05, 4.69) is 26.8 Å². The van der Waals surface area contributed by atoms with Crippen molar-refractivity contribution in [1.82, 2.24) is 14.8 Å². The smallest absolute Gasteiger partial charge is 0.337 e. The van der Waals surface area contributed by atoms with Crippen LogP contribution in [0.2, 0.25) is 0 Å². The van der Waals surface area contributed by atoms with Gasteiger partial charge >= 0.3 is 5.97 Å². The standard InChI is InChI=1S/C31H30F2N6O4/c1-41-30(40)22-2-5-25(6-3-22)36-10-11-37-26-7-9-29(23(12-26)15-34)42-16-21-14-31(43-17-21,18-39-20-35-19-38-39)27-8-4-24(32)13-28(27)33/h2-9,12-13,19-21,36-37H,10-11,14,16-18H2,1H3/t21-,31+/m1/s1. The Morgan fingerprint density at radius 2 is 1.88 bits per heavy atom. The molecule has 2 heterocycles. The van der Waals surface area contributed by atoms with Crippen LogP contribution in [0.3, 0.4) is 0 Å². The number of aromatic nitrogens is 3. The van der Waals surface area contributed by atoms with Crippen LogP contribution in [0.25, 0.3) is 0 Å². The number of nitrogens with one attached hydrogen (secondary N) is 2. The van der Waals surface area contributed by atoms with E-state index >= 15 is 0 Å². The van der Waals surface area contributed by atoms with Crippen LogP contribution in [0.15, 0.2) is 73.3 Å². The molecule has 43 heavy (non-hydrogen) atoms. The minimum Gasteiger partial charge on any atom is -0.492 e. The maximum Gasteiger partial charge on any atom is 0.337 e. The molecule has 2 N–H and O–H groups in total. The third kappa shape index (κ3) is 7.07. The van der Waals surface area contributed by atoms with E-state index < -0.39 is 17.2 Å². The van der Waals surface area contributed by atoms with Gasteiger partial charge in [-0.25, -0.2) is 23.2 Å². The number of nitriles is 1. The molecule has 1 aromatic heterocycles. The van der Waals surface area contributed by atoms with Gasteiger partial charge in [-0.15, -0.1) is 0 Å². The molecule has 0 aliphatic carbocycles. The van der Waals surface area contributed by atoms with Gasteiger partial charge in [-0.05, 0) is 55.0 Å². The van der Waals surface area contributed by atoms with Gasteiger partial charge in [-0.3, -0.25) is 0 Å². The van der Waals surface area contributed by atoms with E-state index in [1.807, 2.05) is 6.07 Å². The fraction of sp³-hybridized carbons (Fsp3) is 0.290. The first-order chi connectivity index (χ1) is 20.9. The Bertz CT molecular complexity index is 1590. The number of benzene rings is 3. The molecule has 222 valence electrons. The maximum atomic E-state index is 14.9. The summed E-state index contributed by atoms with van der Waals surface area (Å²) in [4.78, 5) is 15.5. The monoisotopic (exact) mass is 588 g/mol. The second-order valence-corrected chi connectivity index (χ2v) is 10.1. The van der Waals surface area contributed by atoms with E-state index in [1.54, 1.807) is 41.1 Å². The average molecular weight is 589 g/mol. The van der Waals surface area contributed by atoms with Crippen molar-refractivity contribution in [3.05, 3.63) is 102 Å². The van der Waals surface area contributed by atoms with Crippen molar-refractivity contribution in [3.63, 3.8) is 0 Å². The molecule has 1 aliphatic rings. The fourth-order valence-corrected chi connectivity index (χ4v) is 5.10. The van der Waals surface area contributed by atoms with Crippen LogP contribution in [-0.4, -0.2) is 54.1 Å². The Morgan fingerprint density at radius 3 is 2.58 bits per heavy atom. The second kappa shape index (κ2) is 13.3. The summed E-state index contributed by atoms with van der Waals surface area (Å²) in [7, 11) is 1.34. The van der Waals surface area contributed by atoms with E-state index in [0.717, 1.165) is 17.4 Å². The zero-order valence-corrected chi connectivity index (χ0v) is 23.4. The van der Waals surface area contributed by atoms with Gasteiger partial charge in [-0.2, -0.15) is 10.4 Å². The lowest BCUT2D eigenvalue weighted by Crippen LogP contribution is -2.32. The Kier molecular flexibility index (Phi) is 9.12. The normalized spacial score (nSPS) is 17.7. The summed E-state index contributed by atoms with van der Waals surface area (Å²) in [5.41, 5.74) is 1.63. The number of nitrogens with zero attached hydrogens (tertiary/aromatic N) is 4. The van der Waals surface area contributed by atoms with Crippen molar-refractivity contribution in [1.29, 1.82) is 5.26 Å². The number of ether oxygens (including phenoxy) is 3. The van der Waals surface area contributed by atoms with Crippen LogP contribution < -0.4 is 15.4 Å². The number of hydrogen-bond acceptors (Lipinski definition) is 9. The molecule has 0 saturated carbocycles. The topological polar surface area (TPSA) is 123 Å². The molecule has 0 unspecified atom stereocenters. The lowest BCUT2D eigenvalue weighted by Gasteiger charge is -2.29. The van der Waals surface area contributed by atoms with E-state index in [4.69, 9.17) is 14.2 Å². The first-order valence-corrected chi connectivity index (χ1v) is 13.6. The van der Waals surface area contributed by atoms with Gasteiger partial charge in [0.1, 0.15) is 41.7 Å². The number of esters is 1. The van der Waals surface area contributed by atoms with Crippen molar-refractivity contribution < 1.29 is 27.8 Å². The van der Waals surface area contributed by atoms with Gasteiger partial charge in [0.25, 0.3) is 0 Å². The molecule has 5 rings (SSSR count). The summed E-state index contributed by atoms with van der Waals surface area (Å²) in [5.74, 6) is -1.44. The molecule has 4 aromatic rings. The van der Waals surface area contributed by atoms with Crippen molar-refractivity contribution in [2.24, 2.45) is 5.92 Å². The summed E-state index contributed by atoms with van der Waals surface area (Å²) in [6.07, 6.45) is 3.30. The number of carbonyl (C=O) groups is 1. The minimum absolute atomic E-state index is 0.120. The summed E-state index contributed by atoms with van der Waals surface area (Å²) in [6, 6.07) is 17.9. The van der Waals surface area contributed by atoms with Crippen molar-refractivity contribution in [2.75, 3.05) is 44.0 Å². The molecule has 1 aliphatic heterocycles. The Hall–Kier alpha value is -5.02. The van der Waals surface area contributed by atoms with Gasteiger partial charge in [-0.1, -0.05) is 6.07 Å². The molecule has 12 heteroatoms. The highest BCUT2D eigenvalue weighted by Gasteiger charge is 2.44. The number of rotatable bonds is 12. The van der Waals surface area contributed by atoms with Crippen LogP contribution in [0.1, 0.15) is 27.9 Å². The van der Waals surface area contributed by atoms with Gasteiger partial charge in [0, 0.05) is 42.0 Å². The predicted octanol–water partition coefficient (Wildman–Crippen LogP) is 4.75. The van der Waals surface area contributed by atoms with E-state index in [0.29, 0.717) is 36.4 Å². The highest BCUT2D eigenvalue weighted by atomic mass is 19.1. The SMILES string of the molecule is COC(=O)c1ccc(NCCNc2ccc(OC[C@@H]3CO[C@@](Cn4cncn4)(c4ccc(F)cc4F)C3)c(C#N)c2)cc1. The summed E-state index contributed by atoms with van der Waals surface area (Å²) in [5, 5.41) is 20.4. The Labute approximate surface area is 247 Å². The van der Waals surface area contributed by atoms with Gasteiger partial charge in [0.05, 0.1) is 38.0 Å². The lowest BCUT2D eigenvalue weighted by molar-refractivity contribution is -0.0206. The molecule has 0 radical (unpaired) electrons. The zero-order valence-electron chi connectivity index (χ0n) is 23.4. The van der Waals surface area contributed by atoms with Crippen LogP contribution in [-0.2, 0) is 21.6 Å². The van der Waals surface area contributed by atoms with Gasteiger partial charge in [0.15, 0.2) is 0 Å². The summed E-state index contributed by atoms with van der Waals surface area (Å²) < 4.78 is 47.0. The maximum absolute atomic E-state index is 14.9. The van der Waals surface area contributed by atoms with Crippen LogP contribution in [0.5, 0.6) is 5.75 Å². The molecule has 3 aromatic carbocycles. The zero-order chi connectivity index (χ0) is 30.2. The van der Waals surface area contributed by atoms with E-state index in [9.17, 15) is 18.8 Å². The number of carbonyl (C=O) groups excluding carboxylic acids is 1. The van der Waals surface area contributed by atoms with Gasteiger partial charge in [0.2, 0.25) is 0 Å². The molecule has 10 nitrogen and oxygen atoms in total. The highest BCUT2D eigenvalue weighted by Crippen LogP contribution is 2.42. The van der Waals surface area contributed by atoms with Gasteiger partial charge < -0.3 is 24.8 Å². The molecule has 0 bridgehead atoms. The molecule has 1 fully saturated rings. The first kappa shape index (κ1) is 29.5. The fourth-order valence-electron chi connectivity index (χ4n) is 5.10. The molecular formula is C31H30F2N6O4. The van der Waals surface area contributed by atoms with Crippen LogP contribution >= 0.6 is 0 Å². The third-order valence-corrected chi connectivity index (χ3v) is 7.18. The van der Waals surface area contributed by atoms with Crippen LogP contribution in [0.4, 0.5) is 20.2 Å². The lowest BCUT2D eigenvalue weighted by atomic mass is 9.87. The van der Waals surface area contributed by atoms with Crippen LogP contribution in [0, 0.1) is 28.9 Å². The largest absolute Gasteiger partial charge is 0.492 e. The molecule has 0 amide bonds. The van der Waals surface area contributed by atoms with Crippen molar-refractivity contribution in [3.8, 4) is 11.8 Å². The number of halogens is 2. The Balaban J connectivity index is 1.16. The van der Waals surface area contributed by atoms with Crippen molar-refractivity contribution >= 4 is 17.3 Å². The summed E-state index contributed by atoms with van der Waals surface area (Å²) >= 11 is 0. The number of methoxy groups -OCH3 is 1. The molecular weight excluding hydrogens is 558 g/mol. The quantitative estimate of drug-likeness (QED) is 0.178. The first-order valence-electron chi connectivity index (χ1n) is 13.6. The molecule has 1 saturated heterocycles. The van der Waals surface area contributed by atoms with E-state index in [-0.39, 0.29) is 37.2 Å². The van der Waals surface area contributed by atoms with Crippen molar-refractivity contribution in [2.45, 2.75) is 18.6 Å². The van der Waals surface area contributed by atoms with E-state index in [1.165, 1.54) is 31.9 Å². The number of anilines is 2. The highest BCUT2D eigenvalue weighted by molar-refractivity contribution is 5.89. The predicted molar refractivity (Wildman–Crippen MR) is 154 cm³/mol. The summed E-state index contributed by atoms with van der Waals surface area (Å²) in [6.45, 7) is 1.90.